The number of nitro benzene ring substituents is 1. The van der Waals surface area contributed by atoms with Gasteiger partial charge in [0.1, 0.15) is 5.82 Å². The van der Waals surface area contributed by atoms with Crippen LogP contribution in [0.2, 0.25) is 0 Å². The zero-order chi connectivity index (χ0) is 20.9. The standard InChI is InChI=1S/C21H24FN3O4/c1-15-18(3-2-4-19(15)25(27)28)24-20(26)9-12-23-21(10-13-29-14-11-21)16-5-7-17(22)8-6-16/h2-8,23H,9-14H2,1H3,(H,24,26). The van der Waals surface area contributed by atoms with Crippen LogP contribution in [-0.2, 0) is 15.1 Å². The minimum absolute atomic E-state index is 0.0293. The second kappa shape index (κ2) is 9.11. The number of amides is 1. The van der Waals surface area contributed by atoms with Crippen molar-refractivity contribution in [2.24, 2.45) is 0 Å². The Hall–Kier alpha value is -2.84. The van der Waals surface area contributed by atoms with E-state index in [1.165, 1.54) is 18.2 Å². The van der Waals surface area contributed by atoms with Crippen molar-refractivity contribution >= 4 is 17.3 Å². The summed E-state index contributed by atoms with van der Waals surface area (Å²) < 4.78 is 18.8. The number of carbonyl (C=O) groups is 1. The molecule has 1 saturated heterocycles. The van der Waals surface area contributed by atoms with Gasteiger partial charge in [0, 0.05) is 37.8 Å². The van der Waals surface area contributed by atoms with Crippen LogP contribution in [0.4, 0.5) is 15.8 Å². The Bertz CT molecular complexity index is 880. The third-order valence-electron chi connectivity index (χ3n) is 5.33. The monoisotopic (exact) mass is 401 g/mol. The number of nitrogens with zero attached hydrogens (tertiary/aromatic N) is 1. The van der Waals surface area contributed by atoms with E-state index in [0.29, 0.717) is 31.0 Å². The van der Waals surface area contributed by atoms with Crippen LogP contribution in [0.5, 0.6) is 0 Å². The normalized spacial score (nSPS) is 15.7. The highest BCUT2D eigenvalue weighted by Crippen LogP contribution is 2.32. The third kappa shape index (κ3) is 4.96. The van der Waals surface area contributed by atoms with Crippen molar-refractivity contribution in [1.82, 2.24) is 5.32 Å². The molecule has 3 rings (SSSR count). The number of benzene rings is 2. The van der Waals surface area contributed by atoms with E-state index in [9.17, 15) is 19.3 Å². The third-order valence-corrected chi connectivity index (χ3v) is 5.33. The highest BCUT2D eigenvalue weighted by Gasteiger charge is 2.34. The molecule has 0 unspecified atom stereocenters. The Morgan fingerprint density at radius 2 is 1.90 bits per heavy atom. The molecule has 0 aliphatic carbocycles. The lowest BCUT2D eigenvalue weighted by Gasteiger charge is -2.39. The maximum absolute atomic E-state index is 13.3. The second-order valence-corrected chi connectivity index (χ2v) is 7.13. The molecule has 154 valence electrons. The average molecular weight is 401 g/mol. The number of hydrogen-bond donors (Lipinski definition) is 2. The molecule has 0 atom stereocenters. The molecule has 0 spiro atoms. The van der Waals surface area contributed by atoms with Crippen LogP contribution in [0.15, 0.2) is 42.5 Å². The Morgan fingerprint density at radius 1 is 1.21 bits per heavy atom. The van der Waals surface area contributed by atoms with Gasteiger partial charge in [-0.2, -0.15) is 0 Å². The smallest absolute Gasteiger partial charge is 0.274 e. The first-order valence-corrected chi connectivity index (χ1v) is 9.54. The van der Waals surface area contributed by atoms with Gasteiger partial charge in [-0.15, -0.1) is 0 Å². The number of rotatable bonds is 7. The summed E-state index contributed by atoms with van der Waals surface area (Å²) in [6.07, 6.45) is 1.65. The molecule has 2 N–H and O–H groups in total. The molecule has 0 saturated carbocycles. The molecular weight excluding hydrogens is 377 g/mol. The molecule has 2 aromatic carbocycles. The van der Waals surface area contributed by atoms with Gasteiger partial charge < -0.3 is 15.4 Å². The van der Waals surface area contributed by atoms with E-state index >= 15 is 0 Å². The van der Waals surface area contributed by atoms with Crippen molar-refractivity contribution in [3.05, 3.63) is 69.5 Å². The summed E-state index contributed by atoms with van der Waals surface area (Å²) in [6, 6.07) is 11.0. The van der Waals surface area contributed by atoms with Crippen molar-refractivity contribution in [3.8, 4) is 0 Å². The van der Waals surface area contributed by atoms with Gasteiger partial charge >= 0.3 is 0 Å². The predicted molar refractivity (Wildman–Crippen MR) is 107 cm³/mol. The van der Waals surface area contributed by atoms with Crippen molar-refractivity contribution in [2.45, 2.75) is 31.7 Å². The van der Waals surface area contributed by atoms with Crippen LogP contribution < -0.4 is 10.6 Å². The summed E-state index contributed by atoms with van der Waals surface area (Å²) >= 11 is 0. The molecule has 8 heteroatoms. The molecule has 0 bridgehead atoms. The fourth-order valence-corrected chi connectivity index (χ4v) is 3.64. The van der Waals surface area contributed by atoms with Crippen molar-refractivity contribution in [2.75, 3.05) is 25.1 Å². The summed E-state index contributed by atoms with van der Waals surface area (Å²) in [4.78, 5) is 23.0. The van der Waals surface area contributed by atoms with E-state index in [-0.39, 0.29) is 29.4 Å². The van der Waals surface area contributed by atoms with Gasteiger partial charge in [0.25, 0.3) is 5.69 Å². The number of ether oxygens (including phenoxy) is 1. The van der Waals surface area contributed by atoms with Crippen molar-refractivity contribution in [1.29, 1.82) is 0 Å². The Kier molecular flexibility index (Phi) is 6.56. The molecule has 1 heterocycles. The highest BCUT2D eigenvalue weighted by molar-refractivity contribution is 5.92. The Morgan fingerprint density at radius 3 is 2.55 bits per heavy atom. The van der Waals surface area contributed by atoms with Crippen LogP contribution in [0, 0.1) is 22.9 Å². The van der Waals surface area contributed by atoms with Gasteiger partial charge in [0.05, 0.1) is 16.2 Å². The highest BCUT2D eigenvalue weighted by atomic mass is 19.1. The first-order chi connectivity index (χ1) is 13.9. The maximum atomic E-state index is 13.3. The molecule has 0 radical (unpaired) electrons. The van der Waals surface area contributed by atoms with Crippen molar-refractivity contribution in [3.63, 3.8) is 0 Å². The zero-order valence-corrected chi connectivity index (χ0v) is 16.2. The summed E-state index contributed by atoms with van der Waals surface area (Å²) in [5.41, 5.74) is 1.43. The zero-order valence-electron chi connectivity index (χ0n) is 16.2. The van der Waals surface area contributed by atoms with Gasteiger partial charge in [-0.1, -0.05) is 18.2 Å². The summed E-state index contributed by atoms with van der Waals surface area (Å²) in [5.74, 6) is -0.523. The van der Waals surface area contributed by atoms with E-state index in [1.54, 1.807) is 31.2 Å². The maximum Gasteiger partial charge on any atom is 0.274 e. The van der Waals surface area contributed by atoms with E-state index in [0.717, 1.165) is 18.4 Å². The number of hydrogen-bond acceptors (Lipinski definition) is 5. The van der Waals surface area contributed by atoms with Gasteiger partial charge in [0.15, 0.2) is 0 Å². The van der Waals surface area contributed by atoms with Gasteiger partial charge in [0.2, 0.25) is 5.91 Å². The molecule has 1 amide bonds. The van der Waals surface area contributed by atoms with Crippen molar-refractivity contribution < 1.29 is 18.8 Å². The molecular formula is C21H24FN3O4. The number of halogens is 1. The fraction of sp³-hybridized carbons (Fsp3) is 0.381. The number of nitrogens with one attached hydrogen (secondary N) is 2. The fourth-order valence-electron chi connectivity index (χ4n) is 3.64. The van der Waals surface area contributed by atoms with Crippen LogP contribution in [0.25, 0.3) is 0 Å². The van der Waals surface area contributed by atoms with Crippen LogP contribution in [-0.4, -0.2) is 30.6 Å². The molecule has 2 aromatic rings. The predicted octanol–water partition coefficient (Wildman–Crippen LogP) is 3.67. The number of carbonyl (C=O) groups excluding carboxylic acids is 1. The quantitative estimate of drug-likeness (QED) is 0.545. The average Bonchev–Trinajstić information content (AvgIpc) is 2.70. The topological polar surface area (TPSA) is 93.5 Å². The number of anilines is 1. The first-order valence-electron chi connectivity index (χ1n) is 9.54. The molecule has 7 nitrogen and oxygen atoms in total. The lowest BCUT2D eigenvalue weighted by atomic mass is 9.82. The second-order valence-electron chi connectivity index (χ2n) is 7.13. The van der Waals surface area contributed by atoms with E-state index in [4.69, 9.17) is 4.74 Å². The first kappa shape index (κ1) is 20.9. The van der Waals surface area contributed by atoms with Crippen LogP contribution in [0.3, 0.4) is 0 Å². The van der Waals surface area contributed by atoms with Crippen LogP contribution >= 0.6 is 0 Å². The van der Waals surface area contributed by atoms with Gasteiger partial charge in [-0.05, 0) is 43.5 Å². The van der Waals surface area contributed by atoms with Gasteiger partial charge in [-0.3, -0.25) is 14.9 Å². The molecule has 1 aliphatic heterocycles. The largest absolute Gasteiger partial charge is 0.381 e. The summed E-state index contributed by atoms with van der Waals surface area (Å²) in [5, 5.41) is 17.3. The van der Waals surface area contributed by atoms with E-state index in [2.05, 4.69) is 10.6 Å². The van der Waals surface area contributed by atoms with Crippen LogP contribution in [0.1, 0.15) is 30.4 Å². The minimum atomic E-state index is -0.468. The molecule has 0 aromatic heterocycles. The lowest BCUT2D eigenvalue weighted by molar-refractivity contribution is -0.385. The Balaban J connectivity index is 1.63. The van der Waals surface area contributed by atoms with E-state index < -0.39 is 4.92 Å². The minimum Gasteiger partial charge on any atom is -0.381 e. The summed E-state index contributed by atoms with van der Waals surface area (Å²) in [6.45, 7) is 3.20. The van der Waals surface area contributed by atoms with Gasteiger partial charge in [-0.25, -0.2) is 4.39 Å². The molecule has 1 fully saturated rings. The summed E-state index contributed by atoms with van der Waals surface area (Å²) in [7, 11) is 0. The molecule has 1 aliphatic rings. The SMILES string of the molecule is Cc1c(NC(=O)CCNC2(c3ccc(F)cc3)CCOCC2)cccc1[N+](=O)[O-]. The Labute approximate surface area is 168 Å². The van der Waals surface area contributed by atoms with E-state index in [1.807, 2.05) is 0 Å². The lowest BCUT2D eigenvalue weighted by Crippen LogP contribution is -2.47. The molecule has 29 heavy (non-hydrogen) atoms. The number of nitro groups is 1.